The van der Waals surface area contributed by atoms with Crippen LogP contribution in [0, 0.1) is 5.92 Å². The average Bonchev–Trinajstić information content (AvgIpc) is 2.88. The van der Waals surface area contributed by atoms with E-state index in [2.05, 4.69) is 17.2 Å². The minimum atomic E-state index is 0.634. The molecule has 0 radical (unpaired) electrons. The van der Waals surface area contributed by atoms with Crippen LogP contribution in [0.15, 0.2) is 18.2 Å². The fraction of sp³-hybridized carbons (Fsp3) is 0.462. The van der Waals surface area contributed by atoms with Gasteiger partial charge in [0.2, 0.25) is 0 Å². The molecule has 1 saturated carbocycles. The van der Waals surface area contributed by atoms with Crippen molar-refractivity contribution in [1.29, 1.82) is 0 Å². The zero-order valence-corrected chi connectivity index (χ0v) is 11.3. The molecule has 2 unspecified atom stereocenters. The van der Waals surface area contributed by atoms with Crippen LogP contribution in [-0.4, -0.2) is 11.0 Å². The molecule has 2 atom stereocenters. The van der Waals surface area contributed by atoms with Crippen LogP contribution in [0.4, 0.5) is 5.13 Å². The maximum absolute atomic E-state index is 6.14. The standard InChI is InChI=1S/C13H15ClN2S/c1-2-4-8-7-11(8)16-13-15-10-6-3-5-9(14)12(10)17-13/h3,5-6,8,11H,2,4,7H2,1H3,(H,15,16). The molecule has 0 aliphatic heterocycles. The van der Waals surface area contributed by atoms with Gasteiger partial charge in [-0.1, -0.05) is 42.3 Å². The lowest BCUT2D eigenvalue weighted by Gasteiger charge is -1.99. The van der Waals surface area contributed by atoms with Gasteiger partial charge in [-0.15, -0.1) is 0 Å². The molecule has 90 valence electrons. The van der Waals surface area contributed by atoms with Crippen molar-refractivity contribution in [2.45, 2.75) is 32.2 Å². The highest BCUT2D eigenvalue weighted by Gasteiger charge is 2.36. The highest BCUT2D eigenvalue weighted by Crippen LogP contribution is 2.39. The Morgan fingerprint density at radius 1 is 1.53 bits per heavy atom. The van der Waals surface area contributed by atoms with Crippen LogP contribution >= 0.6 is 22.9 Å². The van der Waals surface area contributed by atoms with E-state index in [-0.39, 0.29) is 0 Å². The van der Waals surface area contributed by atoms with E-state index < -0.39 is 0 Å². The first kappa shape index (κ1) is 11.3. The first-order chi connectivity index (χ1) is 8.28. The van der Waals surface area contributed by atoms with E-state index in [1.807, 2.05) is 18.2 Å². The van der Waals surface area contributed by atoms with Crippen LogP contribution in [0.25, 0.3) is 10.2 Å². The van der Waals surface area contributed by atoms with Crippen LogP contribution in [0.3, 0.4) is 0 Å². The Morgan fingerprint density at radius 3 is 3.18 bits per heavy atom. The topological polar surface area (TPSA) is 24.9 Å². The predicted molar refractivity (Wildman–Crippen MR) is 75.1 cm³/mol. The van der Waals surface area contributed by atoms with Gasteiger partial charge in [0.25, 0.3) is 0 Å². The normalized spacial score (nSPS) is 22.9. The number of nitrogens with zero attached hydrogens (tertiary/aromatic N) is 1. The molecule has 1 fully saturated rings. The van der Waals surface area contributed by atoms with E-state index in [4.69, 9.17) is 11.6 Å². The highest BCUT2D eigenvalue weighted by atomic mass is 35.5. The van der Waals surface area contributed by atoms with E-state index in [1.165, 1.54) is 19.3 Å². The molecule has 3 rings (SSSR count). The Hall–Kier alpha value is -0.800. The molecule has 0 amide bonds. The number of fused-ring (bicyclic) bond motifs is 1. The lowest BCUT2D eigenvalue weighted by molar-refractivity contribution is 0.693. The molecule has 2 aromatic rings. The average molecular weight is 267 g/mol. The molecular formula is C13H15ClN2S. The number of anilines is 1. The Bertz CT molecular complexity index is 537. The molecule has 1 N–H and O–H groups in total. The van der Waals surface area contributed by atoms with Crippen molar-refractivity contribution in [3.05, 3.63) is 23.2 Å². The van der Waals surface area contributed by atoms with E-state index in [1.54, 1.807) is 11.3 Å². The number of nitrogens with one attached hydrogen (secondary N) is 1. The summed E-state index contributed by atoms with van der Waals surface area (Å²) in [6.45, 7) is 2.24. The summed E-state index contributed by atoms with van der Waals surface area (Å²) in [4.78, 5) is 4.57. The lowest BCUT2D eigenvalue weighted by atomic mass is 10.2. The van der Waals surface area contributed by atoms with E-state index in [9.17, 15) is 0 Å². The minimum absolute atomic E-state index is 0.634. The summed E-state index contributed by atoms with van der Waals surface area (Å²) in [5, 5.41) is 5.33. The van der Waals surface area contributed by atoms with Gasteiger partial charge in [-0.05, 0) is 30.9 Å². The summed E-state index contributed by atoms with van der Waals surface area (Å²) in [5.41, 5.74) is 0.998. The molecule has 1 aromatic heterocycles. The minimum Gasteiger partial charge on any atom is -0.358 e. The predicted octanol–water partition coefficient (Wildman–Crippen LogP) is 4.55. The van der Waals surface area contributed by atoms with Gasteiger partial charge in [0, 0.05) is 6.04 Å². The number of hydrogen-bond donors (Lipinski definition) is 1. The fourth-order valence-corrected chi connectivity index (χ4v) is 3.47. The molecule has 17 heavy (non-hydrogen) atoms. The second kappa shape index (κ2) is 4.46. The quantitative estimate of drug-likeness (QED) is 0.878. The number of halogens is 1. The molecule has 1 aliphatic rings. The van der Waals surface area contributed by atoms with Crippen molar-refractivity contribution in [3.8, 4) is 0 Å². The van der Waals surface area contributed by atoms with Gasteiger partial charge in [0.15, 0.2) is 5.13 Å². The third-order valence-corrected chi connectivity index (χ3v) is 4.72. The van der Waals surface area contributed by atoms with Gasteiger partial charge in [0.1, 0.15) is 0 Å². The zero-order chi connectivity index (χ0) is 11.8. The molecule has 1 aliphatic carbocycles. The van der Waals surface area contributed by atoms with Gasteiger partial charge >= 0.3 is 0 Å². The second-order valence-electron chi connectivity index (χ2n) is 4.64. The molecule has 0 bridgehead atoms. The van der Waals surface area contributed by atoms with Crippen molar-refractivity contribution in [2.24, 2.45) is 5.92 Å². The van der Waals surface area contributed by atoms with Crippen molar-refractivity contribution in [3.63, 3.8) is 0 Å². The maximum atomic E-state index is 6.14. The summed E-state index contributed by atoms with van der Waals surface area (Å²) in [6.07, 6.45) is 3.88. The van der Waals surface area contributed by atoms with E-state index in [0.717, 1.165) is 26.3 Å². The summed E-state index contributed by atoms with van der Waals surface area (Å²) in [7, 11) is 0. The Morgan fingerprint density at radius 2 is 2.41 bits per heavy atom. The van der Waals surface area contributed by atoms with E-state index >= 15 is 0 Å². The van der Waals surface area contributed by atoms with Crippen molar-refractivity contribution < 1.29 is 0 Å². The molecule has 4 heteroatoms. The molecule has 2 nitrogen and oxygen atoms in total. The van der Waals surface area contributed by atoms with Crippen molar-refractivity contribution in [1.82, 2.24) is 4.98 Å². The van der Waals surface area contributed by atoms with Crippen molar-refractivity contribution in [2.75, 3.05) is 5.32 Å². The Balaban J connectivity index is 1.76. The van der Waals surface area contributed by atoms with Crippen LogP contribution < -0.4 is 5.32 Å². The van der Waals surface area contributed by atoms with Crippen molar-refractivity contribution >= 4 is 38.3 Å². The van der Waals surface area contributed by atoms with Crippen LogP contribution in [0.5, 0.6) is 0 Å². The first-order valence-electron chi connectivity index (χ1n) is 6.09. The van der Waals surface area contributed by atoms with Crippen LogP contribution in [0.1, 0.15) is 26.2 Å². The molecule has 0 saturated heterocycles. The molecular weight excluding hydrogens is 252 g/mol. The fourth-order valence-electron chi connectivity index (χ4n) is 2.25. The van der Waals surface area contributed by atoms with Crippen LogP contribution in [0.2, 0.25) is 5.02 Å². The van der Waals surface area contributed by atoms with Gasteiger partial charge in [-0.25, -0.2) is 4.98 Å². The second-order valence-corrected chi connectivity index (χ2v) is 6.05. The number of aromatic nitrogens is 1. The third-order valence-electron chi connectivity index (χ3n) is 3.26. The largest absolute Gasteiger partial charge is 0.358 e. The smallest absolute Gasteiger partial charge is 0.184 e. The number of thiazole rings is 1. The van der Waals surface area contributed by atoms with Gasteiger partial charge < -0.3 is 5.32 Å². The van der Waals surface area contributed by atoms with Gasteiger partial charge in [0.05, 0.1) is 15.2 Å². The van der Waals surface area contributed by atoms with E-state index in [0.29, 0.717) is 6.04 Å². The third kappa shape index (κ3) is 2.26. The monoisotopic (exact) mass is 266 g/mol. The molecule has 1 aromatic carbocycles. The summed E-state index contributed by atoms with van der Waals surface area (Å²) in [5.74, 6) is 0.850. The summed E-state index contributed by atoms with van der Waals surface area (Å²) >= 11 is 7.80. The molecule has 1 heterocycles. The zero-order valence-electron chi connectivity index (χ0n) is 9.74. The first-order valence-corrected chi connectivity index (χ1v) is 7.29. The van der Waals surface area contributed by atoms with Gasteiger partial charge in [-0.2, -0.15) is 0 Å². The SMILES string of the molecule is CCCC1CC1Nc1nc2cccc(Cl)c2s1. The highest BCUT2D eigenvalue weighted by molar-refractivity contribution is 7.22. The number of benzene rings is 1. The Kier molecular flexibility index (Phi) is 2.97. The van der Waals surface area contributed by atoms with Gasteiger partial charge in [-0.3, -0.25) is 0 Å². The Labute approximate surface area is 110 Å². The molecule has 0 spiro atoms. The lowest BCUT2D eigenvalue weighted by Crippen LogP contribution is -2.03. The van der Waals surface area contributed by atoms with Crippen LogP contribution in [-0.2, 0) is 0 Å². The summed E-state index contributed by atoms with van der Waals surface area (Å²) < 4.78 is 1.09. The number of rotatable bonds is 4. The number of hydrogen-bond acceptors (Lipinski definition) is 3. The maximum Gasteiger partial charge on any atom is 0.184 e. The summed E-state index contributed by atoms with van der Waals surface area (Å²) in [6, 6.07) is 6.52.